The predicted octanol–water partition coefficient (Wildman–Crippen LogP) is 6.19. The number of urea groups is 1. The van der Waals surface area contributed by atoms with E-state index in [0.717, 1.165) is 27.3 Å². The lowest BCUT2D eigenvalue weighted by Gasteiger charge is -2.29. The quantitative estimate of drug-likeness (QED) is 0.137. The minimum Gasteiger partial charge on any atom is -0.355 e. The summed E-state index contributed by atoms with van der Waals surface area (Å²) in [5.41, 5.74) is 6.15. The lowest BCUT2D eigenvalue weighted by Crippen LogP contribution is -2.52. The molecule has 4 heterocycles. The lowest BCUT2D eigenvalue weighted by atomic mass is 10.0. The average molecular weight is 804 g/mol. The Morgan fingerprint density at radius 3 is 2.22 bits per heavy atom. The second-order valence-corrected chi connectivity index (χ2v) is 14.4. The third-order valence-corrected chi connectivity index (χ3v) is 10.6. The highest BCUT2D eigenvalue weighted by molar-refractivity contribution is 6.31. The third kappa shape index (κ3) is 8.32. The summed E-state index contributed by atoms with van der Waals surface area (Å²) in [7, 11) is 0. The summed E-state index contributed by atoms with van der Waals surface area (Å²) in [6, 6.07) is 23.2. The topological polar surface area (TPSA) is 186 Å². The number of benzene rings is 4. The van der Waals surface area contributed by atoms with E-state index in [-0.39, 0.29) is 44.7 Å². The van der Waals surface area contributed by atoms with E-state index in [9.17, 15) is 33.6 Å². The Hall–Kier alpha value is -6.80. The number of nitrogens with zero attached hydrogens (tertiary/aromatic N) is 2. The number of rotatable bonds is 7. The number of carbonyl (C=O) groups is 7. The predicted molar refractivity (Wildman–Crippen MR) is 218 cm³/mol. The summed E-state index contributed by atoms with van der Waals surface area (Å²) in [4.78, 5) is 89.4. The van der Waals surface area contributed by atoms with Crippen LogP contribution < -0.4 is 26.6 Å². The lowest BCUT2D eigenvalue weighted by molar-refractivity contribution is -0.137. The highest BCUT2D eigenvalue weighted by Crippen LogP contribution is 2.34. The van der Waals surface area contributed by atoms with E-state index in [2.05, 4.69) is 33.2 Å². The molecule has 0 radical (unpaired) electrons. The summed E-state index contributed by atoms with van der Waals surface area (Å²) in [5, 5.41) is 14.2. The molecular weight excluding hydrogens is 762 g/mol. The van der Waals surface area contributed by atoms with Gasteiger partial charge in [-0.05, 0) is 85.3 Å². The van der Waals surface area contributed by atoms with Gasteiger partial charge in [0.15, 0.2) is 0 Å². The van der Waals surface area contributed by atoms with E-state index in [1.807, 2.05) is 49.4 Å². The van der Waals surface area contributed by atoms with Crippen LogP contribution in [0.2, 0.25) is 5.02 Å². The van der Waals surface area contributed by atoms with Gasteiger partial charge >= 0.3 is 6.03 Å². The summed E-state index contributed by atoms with van der Waals surface area (Å²) in [6.07, 6.45) is 1.43. The molecule has 15 heteroatoms. The Kier molecular flexibility index (Phi) is 12.1. The number of imide groups is 2. The number of amides is 8. The fraction of sp³-hybridized carbons (Fsp3) is 0.233. The molecule has 0 saturated carbocycles. The van der Waals surface area contributed by atoms with Crippen molar-refractivity contribution in [3.05, 3.63) is 136 Å². The zero-order valence-corrected chi connectivity index (χ0v) is 31.6. The molecule has 2 fully saturated rings. The van der Waals surface area contributed by atoms with Crippen molar-refractivity contribution in [2.24, 2.45) is 0 Å². The van der Waals surface area contributed by atoms with E-state index < -0.39 is 35.8 Å². The molecule has 0 aromatic heterocycles. The average Bonchev–Trinajstić information content (AvgIpc) is 3.65. The van der Waals surface area contributed by atoms with Crippen LogP contribution in [-0.4, -0.2) is 63.4 Å². The Bertz CT molecular complexity index is 2370. The number of para-hydroxylation sites is 1. The molecule has 0 aliphatic carbocycles. The van der Waals surface area contributed by atoms with Gasteiger partial charge < -0.3 is 26.2 Å². The molecule has 8 amide bonds. The van der Waals surface area contributed by atoms with Gasteiger partial charge in [0.25, 0.3) is 17.7 Å². The summed E-state index contributed by atoms with van der Waals surface area (Å²) < 4.78 is 0. The van der Waals surface area contributed by atoms with Crippen LogP contribution in [0.5, 0.6) is 0 Å². The van der Waals surface area contributed by atoms with E-state index in [0.29, 0.717) is 58.0 Å². The van der Waals surface area contributed by atoms with Crippen molar-refractivity contribution in [1.82, 2.24) is 25.8 Å². The van der Waals surface area contributed by atoms with Crippen LogP contribution in [0.15, 0.2) is 97.2 Å². The molecular formula is C43H42ClN7O7. The molecule has 4 aromatic carbocycles. The van der Waals surface area contributed by atoms with Gasteiger partial charge in [0.05, 0.1) is 16.8 Å². The van der Waals surface area contributed by atoms with Gasteiger partial charge in [0.2, 0.25) is 17.7 Å². The SMILES string of the molecule is C.C=C1CCC(N2C(=O)c3cccc(Nc4ccccc4)c3C2=O)C(=O)N1.Cc1ccc(NC(=O)NCc2cccc3c2CN(C2CCC(=O)NC2=O)C3=O)cc1Cl. The molecule has 5 N–H and O–H groups in total. The maximum absolute atomic E-state index is 13.0. The first kappa shape index (κ1) is 40.9. The molecule has 4 aliphatic heterocycles. The number of hydrogen-bond acceptors (Lipinski definition) is 8. The molecule has 2 saturated heterocycles. The molecule has 2 atom stereocenters. The van der Waals surface area contributed by atoms with Crippen molar-refractivity contribution >= 4 is 70.1 Å². The second-order valence-electron chi connectivity index (χ2n) is 14.0. The second kappa shape index (κ2) is 17.1. The van der Waals surface area contributed by atoms with Crippen molar-refractivity contribution in [3.63, 3.8) is 0 Å². The van der Waals surface area contributed by atoms with Gasteiger partial charge in [-0.1, -0.05) is 68.1 Å². The minimum absolute atomic E-state index is 0. The number of halogens is 1. The number of hydrogen-bond donors (Lipinski definition) is 5. The summed E-state index contributed by atoms with van der Waals surface area (Å²) in [5.74, 6) is -2.27. The minimum atomic E-state index is -0.808. The Balaban J connectivity index is 0.000000195. The molecule has 58 heavy (non-hydrogen) atoms. The molecule has 4 aliphatic rings. The van der Waals surface area contributed by atoms with E-state index in [1.165, 1.54) is 4.90 Å². The number of piperidine rings is 2. The zero-order valence-electron chi connectivity index (χ0n) is 30.8. The monoisotopic (exact) mass is 803 g/mol. The first-order chi connectivity index (χ1) is 27.4. The Labute approximate surface area is 340 Å². The van der Waals surface area contributed by atoms with Crippen LogP contribution in [0.4, 0.5) is 21.9 Å². The van der Waals surface area contributed by atoms with E-state index in [4.69, 9.17) is 11.6 Å². The van der Waals surface area contributed by atoms with E-state index >= 15 is 0 Å². The molecule has 0 bridgehead atoms. The van der Waals surface area contributed by atoms with Crippen LogP contribution in [0, 0.1) is 6.92 Å². The summed E-state index contributed by atoms with van der Waals surface area (Å²) >= 11 is 6.09. The molecule has 14 nitrogen and oxygen atoms in total. The van der Waals surface area contributed by atoms with Gasteiger partial charge in [-0.3, -0.25) is 39.0 Å². The number of fused-ring (bicyclic) bond motifs is 2. The smallest absolute Gasteiger partial charge is 0.319 e. The molecule has 0 spiro atoms. The van der Waals surface area contributed by atoms with Crippen molar-refractivity contribution in [2.45, 2.75) is 65.2 Å². The fourth-order valence-electron chi connectivity index (χ4n) is 7.21. The first-order valence-corrected chi connectivity index (χ1v) is 18.7. The number of aryl methyl sites for hydroxylation is 1. The maximum Gasteiger partial charge on any atom is 0.319 e. The number of carbonyl (C=O) groups excluding carboxylic acids is 7. The number of allylic oxidation sites excluding steroid dienone is 1. The zero-order chi connectivity index (χ0) is 40.4. The van der Waals surface area contributed by atoms with Crippen molar-refractivity contribution in [1.29, 1.82) is 0 Å². The standard InChI is InChI=1S/C22H21ClN4O4.C20H17N3O3.CH4/c1-12-5-6-14(9-17(12)23)25-22(31)24-10-13-3-2-4-15-16(13)11-27(21(15)30)18-7-8-19(28)26-20(18)29;1-12-10-11-16(18(24)21-12)23-19(25)14-8-5-9-15(17(14)20(23)26)22-13-6-3-2-4-7-13;/h2-6,9,18H,7-8,10-11H2,1H3,(H2,24,25,31)(H,26,28,29);2-9,16,22H,1,10-11H2,(H,21,24);1H4. The van der Waals surface area contributed by atoms with Gasteiger partial charge in [0, 0.05) is 47.2 Å². The highest BCUT2D eigenvalue weighted by Gasteiger charge is 2.45. The van der Waals surface area contributed by atoms with Gasteiger partial charge in [-0.2, -0.15) is 0 Å². The Morgan fingerprint density at radius 2 is 1.50 bits per heavy atom. The van der Waals surface area contributed by atoms with E-state index in [1.54, 1.807) is 42.5 Å². The van der Waals surface area contributed by atoms with Crippen LogP contribution in [-0.2, 0) is 27.5 Å². The molecule has 8 rings (SSSR count). The van der Waals surface area contributed by atoms with Crippen molar-refractivity contribution < 1.29 is 33.6 Å². The van der Waals surface area contributed by atoms with Gasteiger partial charge in [-0.25, -0.2) is 4.79 Å². The normalized spacial score (nSPS) is 18.3. The first-order valence-electron chi connectivity index (χ1n) is 18.3. The fourth-order valence-corrected chi connectivity index (χ4v) is 7.39. The maximum atomic E-state index is 13.0. The van der Waals surface area contributed by atoms with Crippen LogP contribution in [0.25, 0.3) is 0 Å². The molecule has 2 unspecified atom stereocenters. The van der Waals surface area contributed by atoms with Crippen LogP contribution in [0.1, 0.15) is 80.9 Å². The van der Waals surface area contributed by atoms with Crippen molar-refractivity contribution in [2.75, 3.05) is 10.6 Å². The Morgan fingerprint density at radius 1 is 0.793 bits per heavy atom. The third-order valence-electron chi connectivity index (χ3n) is 10.2. The number of nitrogens with one attached hydrogen (secondary N) is 5. The largest absolute Gasteiger partial charge is 0.355 e. The molecule has 298 valence electrons. The number of anilines is 3. The highest BCUT2D eigenvalue weighted by atomic mass is 35.5. The van der Waals surface area contributed by atoms with Crippen molar-refractivity contribution in [3.8, 4) is 0 Å². The van der Waals surface area contributed by atoms with Gasteiger partial charge in [0.1, 0.15) is 12.1 Å². The summed E-state index contributed by atoms with van der Waals surface area (Å²) in [6.45, 7) is 6.08. The van der Waals surface area contributed by atoms with Gasteiger partial charge in [-0.15, -0.1) is 0 Å². The van der Waals surface area contributed by atoms with Crippen LogP contribution in [0.3, 0.4) is 0 Å². The molecule has 4 aromatic rings. The van der Waals surface area contributed by atoms with Crippen LogP contribution >= 0.6 is 11.6 Å².